The van der Waals surface area contributed by atoms with Crippen molar-refractivity contribution in [2.75, 3.05) is 0 Å². The van der Waals surface area contributed by atoms with Crippen molar-refractivity contribution < 1.29 is 17.6 Å². The first-order valence-electron chi connectivity index (χ1n) is 6.82. The molecule has 0 saturated heterocycles. The third-order valence-corrected chi connectivity index (χ3v) is 24.2. The summed E-state index contributed by atoms with van der Waals surface area (Å²) in [7, 11) is 0. The van der Waals surface area contributed by atoms with Crippen molar-refractivity contribution >= 4 is 65.2 Å². The van der Waals surface area contributed by atoms with E-state index in [-0.39, 0.29) is 9.75 Å². The summed E-state index contributed by atoms with van der Waals surface area (Å²) in [5.74, 6) is -3.78. The molecular formula is C14H18F4S2Sn2. The Hall–Kier alpha value is 0.717. The summed E-state index contributed by atoms with van der Waals surface area (Å²) in [6.45, 7) is 0. The van der Waals surface area contributed by atoms with Crippen LogP contribution < -0.4 is 5.79 Å². The SMILES string of the molecule is [CH3][Sn]([CH3])([CH3])[c]1sc(-c2s[c]([Sn]([CH3])([CH3])[CH3])c(F)c2F)c(F)c1F. The van der Waals surface area contributed by atoms with Crippen LogP contribution in [0.5, 0.6) is 0 Å². The standard InChI is InChI=1S/C8F4S2.6CH3.2Sn/c9-3-1-13-7(5(3)11)8-6(12)4(10)2-14-8;;;;;;;;/h;6*1H3;;. The topological polar surface area (TPSA) is 0 Å². The molecule has 0 nitrogen and oxygen atoms in total. The van der Waals surface area contributed by atoms with Crippen LogP contribution in [0.4, 0.5) is 17.6 Å². The Labute approximate surface area is 144 Å². The molecule has 0 aliphatic carbocycles. The van der Waals surface area contributed by atoms with Gasteiger partial charge in [0.2, 0.25) is 0 Å². The van der Waals surface area contributed by atoms with E-state index in [9.17, 15) is 17.6 Å². The number of rotatable bonds is 3. The van der Waals surface area contributed by atoms with E-state index >= 15 is 0 Å². The predicted molar refractivity (Wildman–Crippen MR) is 93.4 cm³/mol. The summed E-state index contributed by atoms with van der Waals surface area (Å²) in [6.07, 6.45) is 0. The van der Waals surface area contributed by atoms with Gasteiger partial charge in [-0.15, -0.1) is 0 Å². The maximum atomic E-state index is 14.3. The summed E-state index contributed by atoms with van der Waals surface area (Å²) >= 11 is -3.75. The van der Waals surface area contributed by atoms with Crippen molar-refractivity contribution in [2.24, 2.45) is 0 Å². The number of thiophene rings is 2. The number of hydrogen-bond acceptors (Lipinski definition) is 2. The maximum absolute atomic E-state index is 14.3. The summed E-state index contributed by atoms with van der Waals surface area (Å²) in [5.41, 5.74) is 0. The van der Waals surface area contributed by atoms with Crippen molar-refractivity contribution in [3.63, 3.8) is 0 Å². The minimum absolute atomic E-state index is 0.0812. The zero-order chi connectivity index (χ0) is 17.0. The zero-order valence-corrected chi connectivity index (χ0v) is 20.7. The first kappa shape index (κ1) is 19.0. The quantitative estimate of drug-likeness (QED) is 0.359. The van der Waals surface area contributed by atoms with E-state index in [2.05, 4.69) is 0 Å². The van der Waals surface area contributed by atoms with Gasteiger partial charge in [-0.2, -0.15) is 0 Å². The monoisotopic (exact) mass is 566 g/mol. The van der Waals surface area contributed by atoms with Gasteiger partial charge in [-0.25, -0.2) is 0 Å². The van der Waals surface area contributed by atoms with Crippen LogP contribution in [-0.2, 0) is 0 Å². The summed E-state index contributed by atoms with van der Waals surface area (Å²) < 4.78 is 57.7. The fourth-order valence-corrected chi connectivity index (χ4v) is 15.8. The van der Waals surface area contributed by atoms with Gasteiger partial charge in [-0.1, -0.05) is 0 Å². The van der Waals surface area contributed by atoms with Gasteiger partial charge >= 0.3 is 145 Å². The van der Waals surface area contributed by atoms with Crippen LogP contribution in [-0.4, -0.2) is 36.8 Å². The van der Waals surface area contributed by atoms with Gasteiger partial charge in [0.25, 0.3) is 0 Å². The molecule has 2 aromatic heterocycles. The van der Waals surface area contributed by atoms with Gasteiger partial charge in [0.1, 0.15) is 0 Å². The van der Waals surface area contributed by atoms with E-state index in [1.165, 1.54) is 0 Å². The van der Waals surface area contributed by atoms with E-state index in [0.29, 0.717) is 5.79 Å². The molecule has 22 heavy (non-hydrogen) atoms. The van der Waals surface area contributed by atoms with Crippen LogP contribution in [0.1, 0.15) is 0 Å². The molecule has 0 N–H and O–H groups in total. The Kier molecular flexibility index (Phi) is 5.38. The van der Waals surface area contributed by atoms with Gasteiger partial charge in [-0.05, 0) is 0 Å². The summed E-state index contributed by atoms with van der Waals surface area (Å²) in [4.78, 5) is 11.6. The summed E-state index contributed by atoms with van der Waals surface area (Å²) in [5, 5.41) is 0. The second kappa shape index (κ2) is 6.22. The minimum atomic E-state index is -2.84. The zero-order valence-electron chi connectivity index (χ0n) is 13.3. The van der Waals surface area contributed by atoms with Gasteiger partial charge < -0.3 is 0 Å². The van der Waals surface area contributed by atoms with E-state index in [1.807, 2.05) is 29.6 Å². The van der Waals surface area contributed by atoms with Gasteiger partial charge in [0.15, 0.2) is 0 Å². The second-order valence-electron chi connectivity index (χ2n) is 7.28. The molecule has 2 heterocycles. The Balaban J connectivity index is 2.69. The van der Waals surface area contributed by atoms with Crippen LogP contribution in [0, 0.1) is 23.3 Å². The molecule has 8 heteroatoms. The Morgan fingerprint density at radius 2 is 0.818 bits per heavy atom. The molecule has 122 valence electrons. The second-order valence-corrected chi connectivity index (χ2v) is 39.9. The molecule has 2 aromatic rings. The average Bonchev–Trinajstić information content (AvgIpc) is 2.80. The Morgan fingerprint density at radius 1 is 0.545 bits per heavy atom. The fourth-order valence-electron chi connectivity index (χ4n) is 2.04. The Morgan fingerprint density at radius 3 is 1.00 bits per heavy atom. The van der Waals surface area contributed by atoms with E-state index in [4.69, 9.17) is 0 Å². The number of hydrogen-bond donors (Lipinski definition) is 0. The number of halogens is 4. The van der Waals surface area contributed by atoms with E-state index in [0.717, 1.165) is 22.7 Å². The molecule has 0 fully saturated rings. The molecule has 0 aliphatic rings. The molecule has 0 bridgehead atoms. The first-order chi connectivity index (χ1) is 9.85. The predicted octanol–water partition coefficient (Wildman–Crippen LogP) is 5.12. The molecule has 2 rings (SSSR count). The van der Waals surface area contributed by atoms with Crippen molar-refractivity contribution in [1.29, 1.82) is 0 Å². The van der Waals surface area contributed by atoms with Crippen LogP contribution in [0.15, 0.2) is 0 Å². The van der Waals surface area contributed by atoms with Gasteiger partial charge in [0.05, 0.1) is 0 Å². The fraction of sp³-hybridized carbons (Fsp3) is 0.429. The third kappa shape index (κ3) is 3.39. The van der Waals surface area contributed by atoms with Crippen molar-refractivity contribution in [2.45, 2.75) is 29.6 Å². The normalized spacial score (nSPS) is 13.0. The molecule has 0 aromatic carbocycles. The van der Waals surface area contributed by atoms with Crippen molar-refractivity contribution in [3.8, 4) is 9.75 Å². The molecule has 0 aliphatic heterocycles. The van der Waals surface area contributed by atoms with E-state index in [1.54, 1.807) is 0 Å². The third-order valence-electron chi connectivity index (χ3n) is 3.16. The van der Waals surface area contributed by atoms with E-state index < -0.39 is 60.0 Å². The molecule has 0 amide bonds. The molecule has 0 radical (unpaired) electrons. The van der Waals surface area contributed by atoms with Gasteiger partial charge in [-0.3, -0.25) is 0 Å². The molecule has 0 saturated carbocycles. The van der Waals surface area contributed by atoms with Crippen LogP contribution in [0.2, 0.25) is 29.6 Å². The molecule has 0 unspecified atom stereocenters. The Bertz CT molecular complexity index is 658. The van der Waals surface area contributed by atoms with Crippen LogP contribution in [0.25, 0.3) is 9.75 Å². The first-order valence-corrected chi connectivity index (χ1v) is 28.4. The van der Waals surface area contributed by atoms with Crippen LogP contribution in [0.3, 0.4) is 0 Å². The molecule has 0 spiro atoms. The van der Waals surface area contributed by atoms with Crippen molar-refractivity contribution in [3.05, 3.63) is 23.3 Å². The summed E-state index contributed by atoms with van der Waals surface area (Å²) in [6, 6.07) is 0. The average molecular weight is 564 g/mol. The van der Waals surface area contributed by atoms with Crippen molar-refractivity contribution in [1.82, 2.24) is 0 Å². The van der Waals surface area contributed by atoms with Gasteiger partial charge in [0, 0.05) is 0 Å². The molecule has 0 atom stereocenters. The molecular weight excluding hydrogens is 546 g/mol. The van der Waals surface area contributed by atoms with Crippen LogP contribution >= 0.6 is 22.7 Å².